The summed E-state index contributed by atoms with van der Waals surface area (Å²) < 4.78 is 4.97. The summed E-state index contributed by atoms with van der Waals surface area (Å²) in [6.07, 6.45) is 0.671. The van der Waals surface area contributed by atoms with Crippen molar-refractivity contribution in [2.45, 2.75) is 6.42 Å². The number of nitrogens with one attached hydrogen (secondary N) is 2. The average Bonchev–Trinajstić information content (AvgIpc) is 2.94. The molecule has 2 N–H and O–H groups in total. The molecule has 124 valence electrons. The van der Waals surface area contributed by atoms with Crippen LogP contribution in [0.1, 0.15) is 15.9 Å². The van der Waals surface area contributed by atoms with E-state index in [1.165, 1.54) is 0 Å². The normalized spacial score (nSPS) is 10.8. The number of carbonyl (C=O) groups is 1. The van der Waals surface area contributed by atoms with E-state index in [-0.39, 0.29) is 5.91 Å². The molecule has 0 fully saturated rings. The van der Waals surface area contributed by atoms with Gasteiger partial charge in [-0.15, -0.1) is 0 Å². The van der Waals surface area contributed by atoms with Gasteiger partial charge in [0.1, 0.15) is 0 Å². The molecular weight excluding hydrogens is 306 g/mol. The van der Waals surface area contributed by atoms with E-state index >= 15 is 0 Å². The number of hydrogen-bond donors (Lipinski definition) is 2. The van der Waals surface area contributed by atoms with Gasteiger partial charge >= 0.3 is 5.76 Å². The van der Waals surface area contributed by atoms with Crippen molar-refractivity contribution in [3.8, 4) is 0 Å². The van der Waals surface area contributed by atoms with Crippen LogP contribution in [0.3, 0.4) is 0 Å². The number of rotatable bonds is 5. The number of amides is 1. The van der Waals surface area contributed by atoms with Gasteiger partial charge in [0.25, 0.3) is 5.91 Å². The van der Waals surface area contributed by atoms with Gasteiger partial charge in [-0.3, -0.25) is 9.78 Å². The smallest absolute Gasteiger partial charge is 0.408 e. The topological polar surface area (TPSA) is 78.3 Å². The van der Waals surface area contributed by atoms with Gasteiger partial charge < -0.3 is 14.6 Å². The highest BCUT2D eigenvalue weighted by Gasteiger charge is 2.06. The van der Waals surface area contributed by atoms with Crippen LogP contribution >= 0.6 is 0 Å². The third-order valence-electron chi connectivity index (χ3n) is 3.83. The molecule has 6 nitrogen and oxygen atoms in total. The van der Waals surface area contributed by atoms with Crippen molar-refractivity contribution < 1.29 is 9.21 Å². The number of H-pyrrole nitrogens is 1. The number of oxazole rings is 1. The first kappa shape index (κ1) is 15.9. The van der Waals surface area contributed by atoms with Crippen molar-refractivity contribution in [1.29, 1.82) is 0 Å². The van der Waals surface area contributed by atoms with Crippen LogP contribution in [0.25, 0.3) is 11.1 Å². The van der Waals surface area contributed by atoms with Crippen LogP contribution in [0.15, 0.2) is 51.7 Å². The second kappa shape index (κ2) is 6.62. The van der Waals surface area contributed by atoms with Crippen molar-refractivity contribution in [2.24, 2.45) is 0 Å². The van der Waals surface area contributed by atoms with Gasteiger partial charge in [-0.1, -0.05) is 6.07 Å². The molecule has 1 amide bonds. The molecule has 0 aliphatic rings. The highest BCUT2D eigenvalue weighted by Crippen LogP contribution is 2.13. The fourth-order valence-corrected chi connectivity index (χ4v) is 2.49. The number of fused-ring (bicyclic) bond motifs is 1. The summed E-state index contributed by atoms with van der Waals surface area (Å²) in [7, 11) is 3.91. The zero-order chi connectivity index (χ0) is 17.1. The molecule has 0 aliphatic heterocycles. The van der Waals surface area contributed by atoms with Crippen LogP contribution in [-0.4, -0.2) is 31.5 Å². The van der Waals surface area contributed by atoms with E-state index in [1.807, 2.05) is 55.4 Å². The van der Waals surface area contributed by atoms with Crippen LogP contribution in [0.2, 0.25) is 0 Å². The maximum atomic E-state index is 12.1. The summed E-state index contributed by atoms with van der Waals surface area (Å²) in [6, 6.07) is 13.0. The summed E-state index contributed by atoms with van der Waals surface area (Å²) in [4.78, 5) is 27.9. The van der Waals surface area contributed by atoms with E-state index in [1.54, 1.807) is 6.07 Å². The Hall–Kier alpha value is -3.02. The molecule has 0 saturated carbocycles. The molecule has 0 aliphatic carbocycles. The molecule has 0 saturated heterocycles. The number of nitrogens with zero attached hydrogens (tertiary/aromatic N) is 1. The van der Waals surface area contributed by atoms with Crippen LogP contribution < -0.4 is 16.0 Å². The van der Waals surface area contributed by atoms with Gasteiger partial charge in [-0.05, 0) is 48.4 Å². The number of aromatic nitrogens is 1. The highest BCUT2D eigenvalue weighted by molar-refractivity contribution is 5.94. The Morgan fingerprint density at radius 2 is 1.92 bits per heavy atom. The Morgan fingerprint density at radius 3 is 2.62 bits per heavy atom. The lowest BCUT2D eigenvalue weighted by molar-refractivity contribution is 0.0954. The first-order chi connectivity index (χ1) is 11.5. The molecule has 0 unspecified atom stereocenters. The third kappa shape index (κ3) is 3.48. The lowest BCUT2D eigenvalue weighted by atomic mass is 10.1. The largest absolute Gasteiger partial charge is 0.417 e. The number of hydrogen-bond acceptors (Lipinski definition) is 4. The Morgan fingerprint density at radius 1 is 1.17 bits per heavy atom. The van der Waals surface area contributed by atoms with Crippen molar-refractivity contribution >= 4 is 22.7 Å². The maximum Gasteiger partial charge on any atom is 0.417 e. The minimum absolute atomic E-state index is 0.0990. The monoisotopic (exact) mass is 325 g/mol. The fraction of sp³-hybridized carbons (Fsp3) is 0.222. The average molecular weight is 325 g/mol. The zero-order valence-corrected chi connectivity index (χ0v) is 13.6. The molecule has 0 bridgehead atoms. The van der Waals surface area contributed by atoms with Crippen LogP contribution in [0, 0.1) is 0 Å². The molecule has 3 aromatic rings. The Kier molecular flexibility index (Phi) is 4.37. The molecule has 0 radical (unpaired) electrons. The maximum absolute atomic E-state index is 12.1. The first-order valence-corrected chi connectivity index (χ1v) is 7.70. The second-order valence-electron chi connectivity index (χ2n) is 5.79. The summed E-state index contributed by atoms with van der Waals surface area (Å²) in [5, 5.41) is 2.90. The quantitative estimate of drug-likeness (QED) is 0.753. The van der Waals surface area contributed by atoms with Gasteiger partial charge in [0.05, 0.1) is 5.52 Å². The minimum Gasteiger partial charge on any atom is -0.408 e. The lowest BCUT2D eigenvalue weighted by Crippen LogP contribution is -2.25. The van der Waals surface area contributed by atoms with Gasteiger partial charge in [0.15, 0.2) is 5.58 Å². The summed E-state index contributed by atoms with van der Waals surface area (Å²) in [5.74, 6) is -0.560. The van der Waals surface area contributed by atoms with Crippen LogP contribution in [-0.2, 0) is 6.42 Å². The molecule has 0 atom stereocenters. The van der Waals surface area contributed by atoms with E-state index in [2.05, 4.69) is 10.3 Å². The van der Waals surface area contributed by atoms with Crippen molar-refractivity contribution in [3.63, 3.8) is 0 Å². The first-order valence-electron chi connectivity index (χ1n) is 7.70. The summed E-state index contributed by atoms with van der Waals surface area (Å²) in [5.41, 5.74) is 3.91. The second-order valence-corrected chi connectivity index (χ2v) is 5.79. The van der Waals surface area contributed by atoms with Crippen molar-refractivity contribution in [3.05, 3.63) is 64.1 Å². The van der Waals surface area contributed by atoms with E-state index in [4.69, 9.17) is 4.42 Å². The summed E-state index contributed by atoms with van der Waals surface area (Å²) >= 11 is 0. The number of anilines is 1. The van der Waals surface area contributed by atoms with Gasteiger partial charge in [-0.2, -0.15) is 0 Å². The van der Waals surface area contributed by atoms with E-state index in [0.717, 1.165) is 11.3 Å². The Bertz CT molecular complexity index is 907. The zero-order valence-electron chi connectivity index (χ0n) is 13.6. The number of aromatic amines is 1. The highest BCUT2D eigenvalue weighted by atomic mass is 16.4. The summed E-state index contributed by atoms with van der Waals surface area (Å²) in [6.45, 7) is 0.516. The molecular formula is C18H19N3O3. The van der Waals surface area contributed by atoms with Gasteiger partial charge in [0.2, 0.25) is 0 Å². The van der Waals surface area contributed by atoms with E-state index in [9.17, 15) is 9.59 Å². The molecule has 2 aromatic carbocycles. The van der Waals surface area contributed by atoms with E-state index < -0.39 is 5.76 Å². The molecule has 1 aromatic heterocycles. The van der Waals surface area contributed by atoms with Gasteiger partial charge in [-0.25, -0.2) is 4.79 Å². The minimum atomic E-state index is -0.461. The predicted octanol–water partition coefficient (Wildman–Crippen LogP) is 2.16. The predicted molar refractivity (Wildman–Crippen MR) is 93.6 cm³/mol. The third-order valence-corrected chi connectivity index (χ3v) is 3.83. The fourth-order valence-electron chi connectivity index (χ4n) is 2.49. The molecule has 1 heterocycles. The molecule has 3 rings (SSSR count). The Labute approximate surface area is 139 Å². The van der Waals surface area contributed by atoms with Crippen LogP contribution in [0.5, 0.6) is 0 Å². The van der Waals surface area contributed by atoms with Crippen molar-refractivity contribution in [1.82, 2.24) is 10.3 Å². The Balaban J connectivity index is 1.58. The molecule has 0 spiro atoms. The lowest BCUT2D eigenvalue weighted by Gasteiger charge is -2.12. The van der Waals surface area contributed by atoms with Gasteiger partial charge in [0, 0.05) is 31.9 Å². The van der Waals surface area contributed by atoms with Crippen molar-refractivity contribution in [2.75, 3.05) is 25.5 Å². The number of carbonyl (C=O) groups excluding carboxylic acids is 1. The molecule has 6 heteroatoms. The van der Waals surface area contributed by atoms with Crippen LogP contribution in [0.4, 0.5) is 5.69 Å². The number of benzene rings is 2. The SMILES string of the molecule is CN(C)c1ccc(C(=O)NCCc2ccc3oc(=O)[nH]c3c2)cc1. The molecule has 24 heavy (non-hydrogen) atoms. The van der Waals surface area contributed by atoms with E-state index in [0.29, 0.717) is 29.6 Å². The standard InChI is InChI=1S/C18H19N3O3/c1-21(2)14-6-4-13(5-7-14)17(22)19-10-9-12-3-8-16-15(11-12)20-18(23)24-16/h3-8,11H,9-10H2,1-2H3,(H,19,22)(H,20,23).